The molecule has 0 fully saturated rings. The molecule has 0 bridgehead atoms. The van der Waals surface area contributed by atoms with Crippen molar-refractivity contribution in [3.05, 3.63) is 11.6 Å². The Morgan fingerprint density at radius 3 is 2.87 bits per heavy atom. The van der Waals surface area contributed by atoms with Crippen molar-refractivity contribution in [1.82, 2.24) is 14.9 Å². The van der Waals surface area contributed by atoms with Crippen LogP contribution >= 0.6 is 0 Å². The Morgan fingerprint density at radius 1 is 1.53 bits per heavy atom. The van der Waals surface area contributed by atoms with Gasteiger partial charge in [-0.25, -0.2) is 9.67 Å². The minimum absolute atomic E-state index is 0.817. The van der Waals surface area contributed by atoms with Crippen molar-refractivity contribution in [2.24, 2.45) is 4.99 Å². The molecule has 1 aromatic heterocycles. The summed E-state index contributed by atoms with van der Waals surface area (Å²) >= 11 is 0. The minimum atomic E-state index is 0.817. The van der Waals surface area contributed by atoms with Gasteiger partial charge >= 0.3 is 0 Å². The van der Waals surface area contributed by atoms with Gasteiger partial charge in [0.05, 0.1) is 0 Å². The van der Waals surface area contributed by atoms with Gasteiger partial charge in [0.25, 0.3) is 0 Å². The molecule has 1 heterocycles. The summed E-state index contributed by atoms with van der Waals surface area (Å²) in [5, 5.41) is 16.7. The van der Waals surface area contributed by atoms with Crippen molar-refractivity contribution < 1.29 is 0 Å². The van der Waals surface area contributed by atoms with Crippen LogP contribution in [0.5, 0.6) is 0 Å². The highest BCUT2D eigenvalue weighted by molar-refractivity contribution is 5.75. The van der Waals surface area contributed by atoms with Gasteiger partial charge < -0.3 is 0 Å². The van der Waals surface area contributed by atoms with Gasteiger partial charge in [0.2, 0.25) is 0 Å². The molecule has 15 heavy (non-hydrogen) atoms. The summed E-state index contributed by atoms with van der Waals surface area (Å²) in [6, 6.07) is 0. The molecular formula is C9H16N6. The average Bonchev–Trinajstić information content (AvgIpc) is 2.57. The van der Waals surface area contributed by atoms with Crippen LogP contribution in [0.3, 0.4) is 0 Å². The molecule has 6 heteroatoms. The molecule has 0 atom stereocenters. The van der Waals surface area contributed by atoms with Gasteiger partial charge in [-0.15, -0.1) is 10.2 Å². The third-order valence-corrected chi connectivity index (χ3v) is 1.96. The summed E-state index contributed by atoms with van der Waals surface area (Å²) in [4.78, 5) is 3.74. The molecule has 0 radical (unpaired) electrons. The Balaban J connectivity index is 2.94. The van der Waals surface area contributed by atoms with E-state index in [1.807, 2.05) is 18.6 Å². The number of nitrogens with one attached hydrogen (secondary N) is 1. The number of hydrogen-bond acceptors (Lipinski definition) is 3. The highest BCUT2D eigenvalue weighted by Gasteiger charge is 2.09. The maximum absolute atomic E-state index is 6.82. The maximum atomic E-state index is 6.82. The first-order chi connectivity index (χ1) is 7.20. The summed E-state index contributed by atoms with van der Waals surface area (Å²) in [5.41, 5.74) is 0. The molecular weight excluding hydrogens is 192 g/mol. The van der Waals surface area contributed by atoms with Gasteiger partial charge in [-0.2, -0.15) is 0 Å². The lowest BCUT2D eigenvalue weighted by Crippen LogP contribution is -2.31. The van der Waals surface area contributed by atoms with E-state index in [4.69, 9.17) is 5.41 Å². The molecule has 0 spiro atoms. The fourth-order valence-electron chi connectivity index (χ4n) is 1.37. The van der Waals surface area contributed by atoms with E-state index in [2.05, 4.69) is 22.1 Å². The van der Waals surface area contributed by atoms with Gasteiger partial charge in [-0.3, -0.25) is 10.4 Å². The fraction of sp³-hybridized carbons (Fsp3) is 0.556. The standard InChI is InChI=1S/C9H16N6/c1-4-5-9-13-12-8(2)15(9)14(3)7-11-6-10/h6-7,10H,4-5H2,1-3H3. The Labute approximate surface area is 89.1 Å². The number of hydrogen-bond donors (Lipinski definition) is 1. The molecule has 0 saturated heterocycles. The van der Waals surface area contributed by atoms with Gasteiger partial charge in [-0.1, -0.05) is 6.92 Å². The number of aliphatic imine (C=N–C) groups is 1. The zero-order valence-corrected chi connectivity index (χ0v) is 9.30. The second kappa shape index (κ2) is 5.23. The third kappa shape index (κ3) is 2.61. The average molecular weight is 208 g/mol. The van der Waals surface area contributed by atoms with Crippen molar-refractivity contribution in [1.29, 1.82) is 5.41 Å². The van der Waals surface area contributed by atoms with Crippen molar-refractivity contribution in [3.8, 4) is 0 Å². The monoisotopic (exact) mass is 208 g/mol. The first kappa shape index (κ1) is 11.4. The summed E-state index contributed by atoms with van der Waals surface area (Å²) < 4.78 is 1.89. The van der Waals surface area contributed by atoms with E-state index in [-0.39, 0.29) is 0 Å². The highest BCUT2D eigenvalue weighted by atomic mass is 15.6. The maximum Gasteiger partial charge on any atom is 0.152 e. The molecule has 0 unspecified atom stereocenters. The van der Waals surface area contributed by atoms with Crippen molar-refractivity contribution in [3.63, 3.8) is 0 Å². The molecule has 0 aliphatic rings. The first-order valence-corrected chi connectivity index (χ1v) is 4.87. The van der Waals surface area contributed by atoms with Gasteiger partial charge in [0.1, 0.15) is 18.5 Å². The summed E-state index contributed by atoms with van der Waals surface area (Å²) in [7, 11) is 1.85. The summed E-state index contributed by atoms with van der Waals surface area (Å²) in [6.45, 7) is 3.99. The molecule has 0 aliphatic heterocycles. The predicted octanol–water partition coefficient (Wildman–Crippen LogP) is 0.742. The number of aromatic nitrogens is 3. The topological polar surface area (TPSA) is 70.2 Å². The normalized spacial score (nSPS) is 10.9. The van der Waals surface area contributed by atoms with Crippen molar-refractivity contribution in [2.45, 2.75) is 26.7 Å². The number of nitrogens with zero attached hydrogens (tertiary/aromatic N) is 5. The lowest BCUT2D eigenvalue weighted by atomic mass is 10.3. The van der Waals surface area contributed by atoms with Gasteiger partial charge in [0, 0.05) is 13.5 Å². The van der Waals surface area contributed by atoms with Crippen molar-refractivity contribution in [2.75, 3.05) is 12.1 Å². The van der Waals surface area contributed by atoms with Crippen molar-refractivity contribution >= 4 is 12.7 Å². The smallest absolute Gasteiger partial charge is 0.152 e. The van der Waals surface area contributed by atoms with Gasteiger partial charge in [0.15, 0.2) is 5.82 Å². The number of aryl methyl sites for hydroxylation is 2. The molecule has 0 aromatic carbocycles. The quantitative estimate of drug-likeness (QED) is 0.573. The molecule has 0 amide bonds. The summed E-state index contributed by atoms with van der Waals surface area (Å²) in [6.07, 6.45) is 4.45. The predicted molar refractivity (Wildman–Crippen MR) is 60.2 cm³/mol. The molecule has 1 rings (SSSR count). The van der Waals surface area contributed by atoms with Gasteiger partial charge in [-0.05, 0) is 13.3 Å². The van der Waals surface area contributed by atoms with Crippen LogP contribution < -0.4 is 5.01 Å². The van der Waals surface area contributed by atoms with Crippen LogP contribution in [0.15, 0.2) is 4.99 Å². The summed E-state index contributed by atoms with van der Waals surface area (Å²) in [5.74, 6) is 1.73. The minimum Gasteiger partial charge on any atom is -0.289 e. The molecule has 1 N–H and O–H groups in total. The first-order valence-electron chi connectivity index (χ1n) is 4.87. The SMILES string of the molecule is CCCc1nnc(C)n1N(C)C=NC=N. The zero-order valence-electron chi connectivity index (χ0n) is 9.30. The third-order valence-electron chi connectivity index (χ3n) is 1.96. The Morgan fingerprint density at radius 2 is 2.27 bits per heavy atom. The van der Waals surface area contributed by atoms with Crippen LogP contribution in [0.4, 0.5) is 0 Å². The second-order valence-corrected chi connectivity index (χ2v) is 3.19. The van der Waals surface area contributed by atoms with E-state index in [0.29, 0.717) is 0 Å². The van der Waals surface area contributed by atoms with Crippen LogP contribution in [-0.4, -0.2) is 34.6 Å². The Bertz CT molecular complexity index is 353. The lowest BCUT2D eigenvalue weighted by Gasteiger charge is -2.17. The van der Waals surface area contributed by atoms with E-state index < -0.39 is 0 Å². The van der Waals surface area contributed by atoms with E-state index in [9.17, 15) is 0 Å². The van der Waals surface area contributed by atoms with Crippen LogP contribution in [0.2, 0.25) is 0 Å². The van der Waals surface area contributed by atoms with Crippen LogP contribution in [-0.2, 0) is 6.42 Å². The van der Waals surface area contributed by atoms with E-state index in [1.165, 1.54) is 0 Å². The largest absolute Gasteiger partial charge is 0.289 e. The fourth-order valence-corrected chi connectivity index (χ4v) is 1.37. The lowest BCUT2D eigenvalue weighted by molar-refractivity contribution is 0.696. The zero-order chi connectivity index (χ0) is 11.3. The molecule has 0 saturated carbocycles. The number of rotatable bonds is 5. The Hall–Kier alpha value is -1.72. The van der Waals surface area contributed by atoms with Crippen LogP contribution in [0, 0.1) is 12.3 Å². The molecule has 0 aliphatic carbocycles. The van der Waals surface area contributed by atoms with E-state index >= 15 is 0 Å². The Kier molecular flexibility index (Phi) is 3.96. The highest BCUT2D eigenvalue weighted by Crippen LogP contribution is 2.03. The molecule has 82 valence electrons. The van der Waals surface area contributed by atoms with Crippen LogP contribution in [0.1, 0.15) is 25.0 Å². The molecule has 6 nitrogen and oxygen atoms in total. The van der Waals surface area contributed by atoms with Crippen LogP contribution in [0.25, 0.3) is 0 Å². The second-order valence-electron chi connectivity index (χ2n) is 3.19. The van der Waals surface area contributed by atoms with E-state index in [1.54, 1.807) is 11.3 Å². The molecule has 1 aromatic rings. The van der Waals surface area contributed by atoms with E-state index in [0.717, 1.165) is 30.8 Å².